The molecule has 1 unspecified atom stereocenters. The van der Waals surface area contributed by atoms with E-state index in [1.807, 2.05) is 13.0 Å². The lowest BCUT2D eigenvalue weighted by Gasteiger charge is -2.21. The highest BCUT2D eigenvalue weighted by atomic mass is 16.5. The van der Waals surface area contributed by atoms with Gasteiger partial charge in [-0.2, -0.15) is 0 Å². The SMILES string of the molecule is CCNC(CCO)c1cc(OC)c(OC)cc1OC. The molecule has 19 heavy (non-hydrogen) atoms. The predicted molar refractivity (Wildman–Crippen MR) is 74.2 cm³/mol. The molecule has 108 valence electrons. The van der Waals surface area contributed by atoms with Crippen molar-refractivity contribution in [3.05, 3.63) is 17.7 Å². The van der Waals surface area contributed by atoms with Crippen LogP contribution in [0.1, 0.15) is 24.9 Å². The highest BCUT2D eigenvalue weighted by molar-refractivity contribution is 5.51. The van der Waals surface area contributed by atoms with Crippen molar-refractivity contribution in [2.45, 2.75) is 19.4 Å². The van der Waals surface area contributed by atoms with Gasteiger partial charge in [0.2, 0.25) is 0 Å². The number of hydrogen-bond acceptors (Lipinski definition) is 5. The van der Waals surface area contributed by atoms with E-state index in [0.717, 1.165) is 17.9 Å². The Hall–Kier alpha value is -1.46. The number of rotatable bonds is 8. The highest BCUT2D eigenvalue weighted by Crippen LogP contribution is 2.38. The van der Waals surface area contributed by atoms with Gasteiger partial charge in [-0.1, -0.05) is 6.92 Å². The molecule has 0 saturated heterocycles. The molecule has 5 nitrogen and oxygen atoms in total. The predicted octanol–water partition coefficient (Wildman–Crippen LogP) is 1.75. The summed E-state index contributed by atoms with van der Waals surface area (Å²) in [6.45, 7) is 2.94. The largest absolute Gasteiger partial charge is 0.496 e. The molecule has 1 atom stereocenters. The molecule has 1 aromatic carbocycles. The summed E-state index contributed by atoms with van der Waals surface area (Å²) in [5, 5.41) is 12.5. The minimum Gasteiger partial charge on any atom is -0.496 e. The molecule has 2 N–H and O–H groups in total. The number of nitrogens with one attached hydrogen (secondary N) is 1. The lowest BCUT2D eigenvalue weighted by atomic mass is 10.0. The van der Waals surface area contributed by atoms with E-state index >= 15 is 0 Å². The molecule has 1 rings (SSSR count). The van der Waals surface area contributed by atoms with Gasteiger partial charge in [0.15, 0.2) is 11.5 Å². The van der Waals surface area contributed by atoms with Gasteiger partial charge in [-0.05, 0) is 19.0 Å². The number of aliphatic hydroxyl groups excluding tert-OH is 1. The first-order chi connectivity index (χ1) is 9.21. The number of methoxy groups -OCH3 is 3. The third kappa shape index (κ3) is 3.75. The van der Waals surface area contributed by atoms with Crippen molar-refractivity contribution >= 4 is 0 Å². The van der Waals surface area contributed by atoms with E-state index in [1.54, 1.807) is 27.4 Å². The van der Waals surface area contributed by atoms with E-state index < -0.39 is 0 Å². The van der Waals surface area contributed by atoms with Crippen LogP contribution in [0.3, 0.4) is 0 Å². The maximum absolute atomic E-state index is 9.18. The fourth-order valence-electron chi connectivity index (χ4n) is 2.07. The maximum atomic E-state index is 9.18. The number of hydrogen-bond donors (Lipinski definition) is 2. The molecule has 0 spiro atoms. The van der Waals surface area contributed by atoms with Crippen molar-refractivity contribution in [1.82, 2.24) is 5.32 Å². The molecule has 0 heterocycles. The molecule has 0 aliphatic rings. The Morgan fingerprint density at radius 3 is 2.11 bits per heavy atom. The van der Waals surface area contributed by atoms with Gasteiger partial charge < -0.3 is 24.6 Å². The highest BCUT2D eigenvalue weighted by Gasteiger charge is 2.18. The number of benzene rings is 1. The molecular formula is C14H23NO4. The zero-order chi connectivity index (χ0) is 14.3. The van der Waals surface area contributed by atoms with Gasteiger partial charge >= 0.3 is 0 Å². The van der Waals surface area contributed by atoms with Crippen molar-refractivity contribution < 1.29 is 19.3 Å². The van der Waals surface area contributed by atoms with Crippen molar-refractivity contribution in [2.75, 3.05) is 34.5 Å². The summed E-state index contributed by atoms with van der Waals surface area (Å²) in [4.78, 5) is 0. The smallest absolute Gasteiger partial charge is 0.164 e. The Labute approximate surface area is 114 Å². The molecule has 0 saturated carbocycles. The summed E-state index contributed by atoms with van der Waals surface area (Å²) in [7, 11) is 4.81. The lowest BCUT2D eigenvalue weighted by Crippen LogP contribution is -2.22. The van der Waals surface area contributed by atoms with Crippen LogP contribution in [-0.2, 0) is 0 Å². The minimum atomic E-state index is 0.0183. The molecule has 5 heteroatoms. The molecule has 0 aliphatic heterocycles. The first-order valence-electron chi connectivity index (χ1n) is 6.35. The van der Waals surface area contributed by atoms with Crippen LogP contribution in [0.25, 0.3) is 0 Å². The van der Waals surface area contributed by atoms with Crippen molar-refractivity contribution in [1.29, 1.82) is 0 Å². The van der Waals surface area contributed by atoms with E-state index in [9.17, 15) is 5.11 Å². The Kier molecular flexibility index (Phi) is 6.45. The number of ether oxygens (including phenoxy) is 3. The Morgan fingerprint density at radius 1 is 1.05 bits per heavy atom. The standard InChI is InChI=1S/C14H23NO4/c1-5-15-11(6-7-16)10-8-13(18-3)14(19-4)9-12(10)17-2/h8-9,11,15-16H,5-7H2,1-4H3. The average molecular weight is 269 g/mol. The van der Waals surface area contributed by atoms with Crippen LogP contribution in [0, 0.1) is 0 Å². The second-order valence-corrected chi connectivity index (χ2v) is 4.07. The molecule has 0 aromatic heterocycles. The normalized spacial score (nSPS) is 12.1. The summed E-state index contributed by atoms with van der Waals surface area (Å²) in [5.41, 5.74) is 0.955. The average Bonchev–Trinajstić information content (AvgIpc) is 2.45. The minimum absolute atomic E-state index is 0.0183. The van der Waals surface area contributed by atoms with E-state index in [-0.39, 0.29) is 12.6 Å². The molecule has 1 aromatic rings. The fraction of sp³-hybridized carbons (Fsp3) is 0.571. The Morgan fingerprint density at radius 2 is 1.63 bits per heavy atom. The zero-order valence-electron chi connectivity index (χ0n) is 12.0. The van der Waals surface area contributed by atoms with Crippen molar-refractivity contribution in [3.8, 4) is 17.2 Å². The summed E-state index contributed by atoms with van der Waals surface area (Å²) in [6, 6.07) is 3.71. The Bertz CT molecular complexity index is 389. The van der Waals surface area contributed by atoms with E-state index in [0.29, 0.717) is 17.9 Å². The quantitative estimate of drug-likeness (QED) is 0.753. The molecule has 0 aliphatic carbocycles. The molecule has 0 fully saturated rings. The molecule has 0 amide bonds. The second kappa shape index (κ2) is 7.86. The number of aliphatic hydroxyl groups is 1. The topological polar surface area (TPSA) is 60.0 Å². The first kappa shape index (κ1) is 15.6. The van der Waals surface area contributed by atoms with E-state index in [1.165, 1.54) is 0 Å². The molecule has 0 radical (unpaired) electrons. The van der Waals surface area contributed by atoms with Gasteiger partial charge in [0.1, 0.15) is 5.75 Å². The monoisotopic (exact) mass is 269 g/mol. The second-order valence-electron chi connectivity index (χ2n) is 4.07. The van der Waals surface area contributed by atoms with Crippen LogP contribution < -0.4 is 19.5 Å². The third-order valence-corrected chi connectivity index (χ3v) is 2.98. The summed E-state index contributed by atoms with van der Waals surface area (Å²) >= 11 is 0. The van der Waals surface area contributed by atoms with Gasteiger partial charge in [-0.15, -0.1) is 0 Å². The van der Waals surface area contributed by atoms with Gasteiger partial charge in [0.05, 0.1) is 21.3 Å². The summed E-state index contributed by atoms with van der Waals surface area (Å²) in [6.07, 6.45) is 0.611. The van der Waals surface area contributed by atoms with Crippen molar-refractivity contribution in [2.24, 2.45) is 0 Å². The van der Waals surface area contributed by atoms with Gasteiger partial charge in [0, 0.05) is 24.3 Å². The van der Waals surface area contributed by atoms with Gasteiger partial charge in [0.25, 0.3) is 0 Å². The fourth-order valence-corrected chi connectivity index (χ4v) is 2.07. The van der Waals surface area contributed by atoms with Gasteiger partial charge in [-0.3, -0.25) is 0 Å². The van der Waals surface area contributed by atoms with Crippen LogP contribution in [0.15, 0.2) is 12.1 Å². The van der Waals surface area contributed by atoms with E-state index in [2.05, 4.69) is 5.32 Å². The van der Waals surface area contributed by atoms with Crippen molar-refractivity contribution in [3.63, 3.8) is 0 Å². The van der Waals surface area contributed by atoms with E-state index in [4.69, 9.17) is 14.2 Å². The third-order valence-electron chi connectivity index (χ3n) is 2.98. The summed E-state index contributed by atoms with van der Waals surface area (Å²) < 4.78 is 16.0. The lowest BCUT2D eigenvalue weighted by molar-refractivity contribution is 0.264. The first-order valence-corrected chi connectivity index (χ1v) is 6.35. The maximum Gasteiger partial charge on any atom is 0.164 e. The van der Waals surface area contributed by atoms with Gasteiger partial charge in [-0.25, -0.2) is 0 Å². The molecule has 0 bridgehead atoms. The zero-order valence-corrected chi connectivity index (χ0v) is 12.0. The Balaban J connectivity index is 3.21. The van der Waals surface area contributed by atoms with Crippen LogP contribution in [0.4, 0.5) is 0 Å². The van der Waals surface area contributed by atoms with Crippen LogP contribution >= 0.6 is 0 Å². The van der Waals surface area contributed by atoms with Crippen LogP contribution in [0.2, 0.25) is 0 Å². The van der Waals surface area contributed by atoms with Crippen LogP contribution in [0.5, 0.6) is 17.2 Å². The summed E-state index contributed by atoms with van der Waals surface area (Å²) in [5.74, 6) is 2.00. The van der Waals surface area contributed by atoms with Crippen LogP contribution in [-0.4, -0.2) is 39.6 Å². The molecular weight excluding hydrogens is 246 g/mol.